The maximum atomic E-state index is 13.6. The van der Waals surface area contributed by atoms with E-state index in [0.29, 0.717) is 48.5 Å². The van der Waals surface area contributed by atoms with E-state index in [-0.39, 0.29) is 12.5 Å². The average Bonchev–Trinajstić information content (AvgIpc) is 3.11. The van der Waals surface area contributed by atoms with Gasteiger partial charge in [0.1, 0.15) is 17.9 Å². The fraction of sp³-hybridized carbons (Fsp3) is 0.316. The summed E-state index contributed by atoms with van der Waals surface area (Å²) in [5.41, 5.74) is 1.47. The van der Waals surface area contributed by atoms with Gasteiger partial charge in [-0.1, -0.05) is 6.07 Å². The number of carbonyl (C=O) groups excluding carboxylic acids is 1. The SMILES string of the molecule is O=C(Cn1ncc2ncc(-c3ccc(F)c(C(F)F)c3)cc21)N1CCOCC1. The molecule has 1 saturated heterocycles. The molecular formula is C19H17F3N4O2. The highest BCUT2D eigenvalue weighted by atomic mass is 19.3. The van der Waals surface area contributed by atoms with Crippen LogP contribution in [0, 0.1) is 5.82 Å². The second-order valence-corrected chi connectivity index (χ2v) is 6.46. The summed E-state index contributed by atoms with van der Waals surface area (Å²) < 4.78 is 46.3. The van der Waals surface area contributed by atoms with Crippen LogP contribution in [-0.2, 0) is 16.1 Å². The Morgan fingerprint density at radius 1 is 1.14 bits per heavy atom. The van der Waals surface area contributed by atoms with Crippen LogP contribution in [0.4, 0.5) is 13.2 Å². The Balaban J connectivity index is 1.65. The average molecular weight is 390 g/mol. The number of rotatable bonds is 4. The molecule has 2 aromatic heterocycles. The van der Waals surface area contributed by atoms with Crippen molar-refractivity contribution in [3.8, 4) is 11.1 Å². The van der Waals surface area contributed by atoms with E-state index >= 15 is 0 Å². The summed E-state index contributed by atoms with van der Waals surface area (Å²) in [6.45, 7) is 2.13. The molecule has 3 heterocycles. The molecule has 28 heavy (non-hydrogen) atoms. The zero-order valence-corrected chi connectivity index (χ0v) is 14.8. The number of hydrogen-bond acceptors (Lipinski definition) is 4. The van der Waals surface area contributed by atoms with Gasteiger partial charge in [-0.25, -0.2) is 13.2 Å². The topological polar surface area (TPSA) is 60.2 Å². The van der Waals surface area contributed by atoms with Crippen LogP contribution in [-0.4, -0.2) is 51.9 Å². The third-order valence-corrected chi connectivity index (χ3v) is 4.71. The summed E-state index contributed by atoms with van der Waals surface area (Å²) in [6, 6.07) is 5.26. The molecule has 0 radical (unpaired) electrons. The van der Waals surface area contributed by atoms with E-state index in [4.69, 9.17) is 4.74 Å². The highest BCUT2D eigenvalue weighted by molar-refractivity contribution is 5.83. The molecule has 0 unspecified atom stereocenters. The second-order valence-electron chi connectivity index (χ2n) is 6.46. The first-order valence-electron chi connectivity index (χ1n) is 8.78. The van der Waals surface area contributed by atoms with Crippen molar-refractivity contribution in [2.24, 2.45) is 0 Å². The van der Waals surface area contributed by atoms with Crippen LogP contribution in [0.3, 0.4) is 0 Å². The number of hydrogen-bond donors (Lipinski definition) is 0. The van der Waals surface area contributed by atoms with Crippen molar-refractivity contribution in [1.82, 2.24) is 19.7 Å². The largest absolute Gasteiger partial charge is 0.378 e. The predicted octanol–water partition coefficient (Wildman–Crippen LogP) is 3.03. The monoisotopic (exact) mass is 390 g/mol. The molecule has 0 spiro atoms. The number of ether oxygens (including phenoxy) is 1. The number of aromatic nitrogens is 3. The summed E-state index contributed by atoms with van der Waals surface area (Å²) in [7, 11) is 0. The molecular weight excluding hydrogens is 373 g/mol. The third-order valence-electron chi connectivity index (χ3n) is 4.71. The molecule has 1 aliphatic rings. The van der Waals surface area contributed by atoms with E-state index in [2.05, 4.69) is 10.1 Å². The van der Waals surface area contributed by atoms with Gasteiger partial charge in [-0.15, -0.1) is 0 Å². The molecule has 6 nitrogen and oxygen atoms in total. The number of nitrogens with zero attached hydrogens (tertiary/aromatic N) is 4. The fourth-order valence-corrected chi connectivity index (χ4v) is 3.17. The summed E-state index contributed by atoms with van der Waals surface area (Å²) in [6.07, 6.45) is 0.148. The summed E-state index contributed by atoms with van der Waals surface area (Å²) in [4.78, 5) is 18.5. The molecule has 1 aliphatic heterocycles. The molecule has 9 heteroatoms. The van der Waals surface area contributed by atoms with E-state index < -0.39 is 17.8 Å². The van der Waals surface area contributed by atoms with Crippen LogP contribution < -0.4 is 0 Å². The maximum Gasteiger partial charge on any atom is 0.266 e. The number of amides is 1. The van der Waals surface area contributed by atoms with Gasteiger partial charge in [0, 0.05) is 24.8 Å². The zero-order valence-electron chi connectivity index (χ0n) is 14.8. The van der Waals surface area contributed by atoms with Crippen LogP contribution in [0.2, 0.25) is 0 Å². The first-order chi connectivity index (χ1) is 13.5. The highest BCUT2D eigenvalue weighted by Crippen LogP contribution is 2.29. The summed E-state index contributed by atoms with van der Waals surface area (Å²) in [5.74, 6) is -1.03. The molecule has 1 amide bonds. The quantitative estimate of drug-likeness (QED) is 0.687. The van der Waals surface area contributed by atoms with Crippen molar-refractivity contribution >= 4 is 16.9 Å². The molecule has 0 bridgehead atoms. The summed E-state index contributed by atoms with van der Waals surface area (Å²) in [5, 5.41) is 4.22. The molecule has 1 fully saturated rings. The Hall–Kier alpha value is -2.94. The number of halogens is 3. The van der Waals surface area contributed by atoms with Gasteiger partial charge in [0.15, 0.2) is 0 Å². The van der Waals surface area contributed by atoms with E-state index in [1.807, 2.05) is 0 Å². The highest BCUT2D eigenvalue weighted by Gasteiger charge is 2.19. The number of carbonyl (C=O) groups is 1. The first kappa shape index (κ1) is 18.4. The zero-order chi connectivity index (χ0) is 19.7. The Bertz CT molecular complexity index is 1020. The molecule has 3 aromatic rings. The molecule has 0 aliphatic carbocycles. The van der Waals surface area contributed by atoms with Gasteiger partial charge in [0.2, 0.25) is 5.91 Å². The van der Waals surface area contributed by atoms with Gasteiger partial charge in [-0.05, 0) is 23.8 Å². The lowest BCUT2D eigenvalue weighted by atomic mass is 10.0. The minimum absolute atomic E-state index is 0.0420. The van der Waals surface area contributed by atoms with Gasteiger partial charge in [-0.3, -0.25) is 14.5 Å². The lowest BCUT2D eigenvalue weighted by Crippen LogP contribution is -2.42. The smallest absolute Gasteiger partial charge is 0.266 e. The Labute approximate surface area is 158 Å². The third kappa shape index (κ3) is 3.57. The van der Waals surface area contributed by atoms with Gasteiger partial charge < -0.3 is 9.64 Å². The Morgan fingerprint density at radius 3 is 2.68 bits per heavy atom. The molecule has 0 saturated carbocycles. The van der Waals surface area contributed by atoms with Crippen molar-refractivity contribution in [3.05, 3.63) is 48.0 Å². The van der Waals surface area contributed by atoms with Crippen molar-refractivity contribution in [2.75, 3.05) is 26.3 Å². The Kier molecular flexibility index (Phi) is 4.99. The van der Waals surface area contributed by atoms with E-state index in [1.54, 1.807) is 17.2 Å². The van der Waals surface area contributed by atoms with Gasteiger partial charge in [-0.2, -0.15) is 5.10 Å². The maximum absolute atomic E-state index is 13.6. The van der Waals surface area contributed by atoms with Crippen LogP contribution in [0.25, 0.3) is 22.2 Å². The van der Waals surface area contributed by atoms with Crippen molar-refractivity contribution < 1.29 is 22.7 Å². The second kappa shape index (κ2) is 7.59. The van der Waals surface area contributed by atoms with Crippen molar-refractivity contribution in [1.29, 1.82) is 0 Å². The van der Waals surface area contributed by atoms with Crippen molar-refractivity contribution in [3.63, 3.8) is 0 Å². The van der Waals surface area contributed by atoms with Crippen LogP contribution >= 0.6 is 0 Å². The van der Waals surface area contributed by atoms with Crippen LogP contribution in [0.5, 0.6) is 0 Å². The van der Waals surface area contributed by atoms with Crippen LogP contribution in [0.1, 0.15) is 12.0 Å². The number of fused-ring (bicyclic) bond motifs is 1. The Morgan fingerprint density at radius 2 is 1.93 bits per heavy atom. The van der Waals surface area contributed by atoms with Gasteiger partial charge in [0.05, 0.1) is 30.5 Å². The van der Waals surface area contributed by atoms with E-state index in [9.17, 15) is 18.0 Å². The molecule has 1 aromatic carbocycles. The normalized spacial score (nSPS) is 14.8. The lowest BCUT2D eigenvalue weighted by molar-refractivity contribution is -0.136. The fourth-order valence-electron chi connectivity index (χ4n) is 3.17. The summed E-state index contributed by atoms with van der Waals surface area (Å²) >= 11 is 0. The standard InChI is InChI=1S/C19H17F3N4O2/c20-15-2-1-12(7-14(15)19(21)22)13-8-17-16(23-9-13)10-24-26(17)11-18(27)25-3-5-28-6-4-25/h1-2,7-10,19H,3-6,11H2. The first-order valence-corrected chi connectivity index (χ1v) is 8.78. The number of alkyl halides is 2. The van der Waals surface area contributed by atoms with E-state index in [1.165, 1.54) is 16.9 Å². The molecule has 4 rings (SSSR count). The van der Waals surface area contributed by atoms with Gasteiger partial charge in [0.25, 0.3) is 6.43 Å². The predicted molar refractivity (Wildman–Crippen MR) is 95.3 cm³/mol. The number of pyridine rings is 1. The van der Waals surface area contributed by atoms with Gasteiger partial charge >= 0.3 is 0 Å². The van der Waals surface area contributed by atoms with Crippen molar-refractivity contribution in [2.45, 2.75) is 13.0 Å². The number of benzene rings is 1. The molecule has 146 valence electrons. The van der Waals surface area contributed by atoms with E-state index in [0.717, 1.165) is 12.1 Å². The number of morpholine rings is 1. The minimum atomic E-state index is -2.91. The molecule has 0 N–H and O–H groups in total. The molecule has 0 atom stereocenters. The minimum Gasteiger partial charge on any atom is -0.378 e. The lowest BCUT2D eigenvalue weighted by Gasteiger charge is -2.26. The van der Waals surface area contributed by atoms with Crippen LogP contribution in [0.15, 0.2) is 36.7 Å².